The fourth-order valence-electron chi connectivity index (χ4n) is 4.22. The van der Waals surface area contributed by atoms with Crippen LogP contribution in [-0.4, -0.2) is 54.3 Å². The molecule has 1 amide bonds. The summed E-state index contributed by atoms with van der Waals surface area (Å²) in [5, 5.41) is 19.7. The summed E-state index contributed by atoms with van der Waals surface area (Å²) in [5.41, 5.74) is 1.23. The van der Waals surface area contributed by atoms with E-state index in [-0.39, 0.29) is 35.8 Å². The molecule has 0 unspecified atom stereocenters. The molecule has 2 N–H and O–H groups in total. The Morgan fingerprint density at radius 1 is 1.41 bits per heavy atom. The Kier molecular flexibility index (Phi) is 3.97. The maximum absolute atomic E-state index is 12.4. The number of amides is 1. The molecule has 1 fully saturated rings. The lowest BCUT2D eigenvalue weighted by Crippen LogP contribution is -2.63. The number of aliphatic hydroxyl groups excluding tert-OH is 1. The molecule has 0 radical (unpaired) electrons. The second-order valence-electron chi connectivity index (χ2n) is 7.20. The fraction of sp³-hybridized carbons (Fsp3) is 0.444. The van der Waals surface area contributed by atoms with Crippen molar-refractivity contribution < 1.29 is 24.6 Å². The Bertz CT molecular complexity index is 1020. The molecular formula is C18H19N3O5S. The average Bonchev–Trinajstić information content (AvgIpc) is 3.18. The van der Waals surface area contributed by atoms with E-state index >= 15 is 0 Å². The number of hydrogen-bond donors (Lipinski definition) is 2. The number of carbonyl (C=O) groups is 3. The van der Waals surface area contributed by atoms with Gasteiger partial charge in [0, 0.05) is 17.7 Å². The zero-order valence-electron chi connectivity index (χ0n) is 15.0. The van der Waals surface area contributed by atoms with Gasteiger partial charge in [0.25, 0.3) is 0 Å². The smallest absolute Gasteiger partial charge is 0.352 e. The molecule has 9 heteroatoms. The minimum Gasteiger partial charge on any atom is -0.477 e. The van der Waals surface area contributed by atoms with Crippen LogP contribution < -0.4 is 0 Å². The molecule has 0 aliphatic carbocycles. The number of carboxylic acids is 1. The molecule has 142 valence electrons. The summed E-state index contributed by atoms with van der Waals surface area (Å²) in [5.74, 6) is -2.32. The van der Waals surface area contributed by atoms with Gasteiger partial charge in [-0.05, 0) is 13.8 Å². The SMILES string of the molecule is CC(=O)Cc1ncn2cc(C3=C(C(=O)O)N4C(=O)[C@H]([C@@H](C)O)[C@H]4[C@H]3C)sc12. The Hall–Kier alpha value is -2.52. The molecule has 4 atom stereocenters. The first-order valence-corrected chi connectivity index (χ1v) is 9.47. The highest BCUT2D eigenvalue weighted by Crippen LogP contribution is 2.51. The van der Waals surface area contributed by atoms with Crippen LogP contribution in [0.3, 0.4) is 0 Å². The van der Waals surface area contributed by atoms with Crippen LogP contribution in [0.5, 0.6) is 0 Å². The number of thiazole rings is 1. The van der Waals surface area contributed by atoms with Crippen LogP contribution >= 0.6 is 11.3 Å². The maximum Gasteiger partial charge on any atom is 0.352 e. The van der Waals surface area contributed by atoms with Crippen LogP contribution in [0, 0.1) is 11.8 Å². The number of nitrogens with zero attached hydrogens (tertiary/aromatic N) is 3. The lowest BCUT2D eigenvalue weighted by molar-refractivity contribution is -0.163. The van der Waals surface area contributed by atoms with E-state index in [0.29, 0.717) is 11.3 Å². The molecule has 27 heavy (non-hydrogen) atoms. The number of β-lactam (4-membered cyclic amide) rings is 1. The number of ketones is 1. The van der Waals surface area contributed by atoms with Gasteiger partial charge in [0.15, 0.2) is 0 Å². The molecule has 4 rings (SSSR count). The quantitative estimate of drug-likeness (QED) is 0.743. The summed E-state index contributed by atoms with van der Waals surface area (Å²) in [7, 11) is 0. The van der Waals surface area contributed by atoms with Gasteiger partial charge < -0.3 is 15.1 Å². The van der Waals surface area contributed by atoms with E-state index in [1.54, 1.807) is 23.8 Å². The van der Waals surface area contributed by atoms with Gasteiger partial charge in [0.2, 0.25) is 5.91 Å². The molecule has 2 aliphatic rings. The zero-order chi connectivity index (χ0) is 19.6. The van der Waals surface area contributed by atoms with Crippen molar-refractivity contribution in [1.29, 1.82) is 0 Å². The number of imidazole rings is 1. The van der Waals surface area contributed by atoms with Crippen molar-refractivity contribution in [1.82, 2.24) is 14.3 Å². The second kappa shape index (κ2) is 6.00. The zero-order valence-corrected chi connectivity index (χ0v) is 15.9. The number of fused-ring (bicyclic) bond motifs is 2. The third-order valence-corrected chi connectivity index (χ3v) is 6.52. The number of Topliss-reactive ketones (excluding diaryl/α,β-unsaturated/α-hetero) is 1. The lowest BCUT2D eigenvalue weighted by Gasteiger charge is -2.46. The first-order valence-electron chi connectivity index (χ1n) is 8.66. The van der Waals surface area contributed by atoms with Crippen molar-refractivity contribution in [3.05, 3.63) is 28.8 Å². The highest BCUT2D eigenvalue weighted by molar-refractivity contribution is 7.18. The van der Waals surface area contributed by atoms with Crippen LogP contribution in [0.1, 0.15) is 31.3 Å². The van der Waals surface area contributed by atoms with E-state index in [2.05, 4.69) is 4.98 Å². The largest absolute Gasteiger partial charge is 0.477 e. The average molecular weight is 389 g/mol. The van der Waals surface area contributed by atoms with Gasteiger partial charge in [-0.15, -0.1) is 11.3 Å². The normalized spacial score (nSPS) is 25.7. The van der Waals surface area contributed by atoms with Gasteiger partial charge >= 0.3 is 5.97 Å². The number of aromatic nitrogens is 2. The number of aliphatic carboxylic acids is 1. The minimum absolute atomic E-state index is 0.000229. The molecule has 0 spiro atoms. The molecular weight excluding hydrogens is 370 g/mol. The first kappa shape index (κ1) is 17.9. The monoisotopic (exact) mass is 389 g/mol. The molecule has 4 heterocycles. The van der Waals surface area contributed by atoms with Crippen molar-refractivity contribution in [2.24, 2.45) is 11.8 Å². The summed E-state index contributed by atoms with van der Waals surface area (Å²) in [4.78, 5) is 42.9. The van der Waals surface area contributed by atoms with Gasteiger partial charge in [0.05, 0.1) is 35.1 Å². The standard InChI is InChI=1S/C18H19N3O5S/c1-7(22)4-10-17-20(6-19-10)5-11(27-17)12-8(2)14-13(9(3)23)16(24)21(14)15(12)18(25)26/h5-6,8-9,13-14,23H,4H2,1-3H3,(H,25,26)/t8-,9+,13+,14+/m0/s1. The van der Waals surface area contributed by atoms with Crippen LogP contribution in [0.15, 0.2) is 18.2 Å². The fourth-order valence-corrected chi connectivity index (χ4v) is 5.44. The topological polar surface area (TPSA) is 112 Å². The second-order valence-corrected chi connectivity index (χ2v) is 8.23. The predicted octanol–water partition coefficient (Wildman–Crippen LogP) is 1.18. The maximum atomic E-state index is 12.4. The molecule has 8 nitrogen and oxygen atoms in total. The minimum atomic E-state index is -1.16. The van der Waals surface area contributed by atoms with E-state index in [1.165, 1.54) is 23.2 Å². The Morgan fingerprint density at radius 2 is 2.11 bits per heavy atom. The van der Waals surface area contributed by atoms with Gasteiger partial charge in [-0.2, -0.15) is 0 Å². The molecule has 1 saturated heterocycles. The number of hydrogen-bond acceptors (Lipinski definition) is 6. The molecule has 0 aromatic carbocycles. The van der Waals surface area contributed by atoms with Gasteiger partial charge in [0.1, 0.15) is 22.6 Å². The Labute approximate surface area is 158 Å². The first-order chi connectivity index (χ1) is 12.7. The van der Waals surface area contributed by atoms with Crippen LogP contribution in [0.4, 0.5) is 0 Å². The van der Waals surface area contributed by atoms with Crippen LogP contribution in [0.25, 0.3) is 10.4 Å². The number of carboxylic acid groups (broad SMARTS) is 1. The molecule has 0 saturated carbocycles. The lowest BCUT2D eigenvalue weighted by atomic mass is 9.77. The number of rotatable bonds is 5. The van der Waals surface area contributed by atoms with E-state index in [1.807, 2.05) is 6.92 Å². The number of aliphatic hydroxyl groups is 1. The van der Waals surface area contributed by atoms with Crippen molar-refractivity contribution in [2.45, 2.75) is 39.3 Å². The van der Waals surface area contributed by atoms with Crippen molar-refractivity contribution >= 4 is 39.4 Å². The van der Waals surface area contributed by atoms with E-state index in [9.17, 15) is 24.6 Å². The predicted molar refractivity (Wildman–Crippen MR) is 97.0 cm³/mol. The van der Waals surface area contributed by atoms with E-state index in [0.717, 1.165) is 9.71 Å². The highest BCUT2D eigenvalue weighted by atomic mass is 32.1. The van der Waals surface area contributed by atoms with Crippen LogP contribution in [-0.2, 0) is 20.8 Å². The summed E-state index contributed by atoms with van der Waals surface area (Å²) in [6.45, 7) is 4.94. The molecule has 0 bridgehead atoms. The summed E-state index contributed by atoms with van der Waals surface area (Å²) < 4.78 is 1.78. The van der Waals surface area contributed by atoms with E-state index < -0.39 is 18.0 Å². The van der Waals surface area contributed by atoms with Crippen molar-refractivity contribution in [3.8, 4) is 0 Å². The van der Waals surface area contributed by atoms with Crippen molar-refractivity contribution in [2.75, 3.05) is 0 Å². The summed E-state index contributed by atoms with van der Waals surface area (Å²) in [6.07, 6.45) is 2.78. The Balaban J connectivity index is 1.81. The summed E-state index contributed by atoms with van der Waals surface area (Å²) >= 11 is 1.36. The molecule has 2 aromatic heterocycles. The molecule has 2 aromatic rings. The van der Waals surface area contributed by atoms with Crippen LogP contribution in [0.2, 0.25) is 0 Å². The Morgan fingerprint density at radius 3 is 2.70 bits per heavy atom. The van der Waals surface area contributed by atoms with Gasteiger partial charge in [-0.1, -0.05) is 6.92 Å². The van der Waals surface area contributed by atoms with Gasteiger partial charge in [-0.25, -0.2) is 9.78 Å². The highest BCUT2D eigenvalue weighted by Gasteiger charge is 2.60. The van der Waals surface area contributed by atoms with E-state index in [4.69, 9.17) is 0 Å². The summed E-state index contributed by atoms with van der Waals surface area (Å²) in [6, 6.07) is -0.352. The third-order valence-electron chi connectivity index (χ3n) is 5.34. The van der Waals surface area contributed by atoms with Crippen molar-refractivity contribution in [3.63, 3.8) is 0 Å². The number of carbonyl (C=O) groups excluding carboxylic acids is 2. The third kappa shape index (κ3) is 2.45. The van der Waals surface area contributed by atoms with Gasteiger partial charge in [-0.3, -0.25) is 14.0 Å². The molecule has 2 aliphatic heterocycles.